The van der Waals surface area contributed by atoms with Crippen LogP contribution in [-0.2, 0) is 9.53 Å². The highest BCUT2D eigenvalue weighted by Crippen LogP contribution is 2.20. The van der Waals surface area contributed by atoms with Crippen molar-refractivity contribution in [2.75, 3.05) is 13.2 Å². The fourth-order valence-corrected chi connectivity index (χ4v) is 1.63. The van der Waals surface area contributed by atoms with Gasteiger partial charge in [-0.15, -0.1) is 0 Å². The zero-order valence-electron chi connectivity index (χ0n) is 9.58. The molecule has 0 aliphatic carbocycles. The molecule has 0 aromatic heterocycles. The van der Waals surface area contributed by atoms with Crippen molar-refractivity contribution in [2.45, 2.75) is 38.3 Å². The molecule has 0 radical (unpaired) electrons. The van der Waals surface area contributed by atoms with E-state index in [0.29, 0.717) is 26.1 Å². The molecule has 1 fully saturated rings. The molecule has 0 unspecified atom stereocenters. The summed E-state index contributed by atoms with van der Waals surface area (Å²) in [6.07, 6.45) is 0.599. The molecule has 1 saturated heterocycles. The van der Waals surface area contributed by atoms with Crippen LogP contribution in [-0.4, -0.2) is 41.9 Å². The van der Waals surface area contributed by atoms with E-state index in [9.17, 15) is 14.7 Å². The van der Waals surface area contributed by atoms with Crippen LogP contribution >= 0.6 is 0 Å². The lowest BCUT2D eigenvalue weighted by atomic mass is 9.90. The third kappa shape index (κ3) is 3.10. The first-order chi connectivity index (χ1) is 7.46. The number of hydrogen-bond donors (Lipinski definition) is 3. The second kappa shape index (κ2) is 5.16. The summed E-state index contributed by atoms with van der Waals surface area (Å²) in [6, 6.07) is -0.468. The van der Waals surface area contributed by atoms with Crippen LogP contribution in [0.15, 0.2) is 0 Å². The van der Waals surface area contributed by atoms with Gasteiger partial charge in [-0.1, -0.05) is 0 Å². The summed E-state index contributed by atoms with van der Waals surface area (Å²) in [5.74, 6) is -1.00. The molecule has 1 rings (SSSR count). The Kier molecular flexibility index (Phi) is 4.12. The zero-order chi connectivity index (χ0) is 12.2. The van der Waals surface area contributed by atoms with Crippen molar-refractivity contribution in [2.24, 2.45) is 0 Å². The average molecular weight is 230 g/mol. The first-order valence-corrected chi connectivity index (χ1v) is 5.36. The molecule has 1 heterocycles. The van der Waals surface area contributed by atoms with Crippen molar-refractivity contribution in [3.05, 3.63) is 0 Å². The normalized spacial score (nSPS) is 19.2. The van der Waals surface area contributed by atoms with E-state index < -0.39 is 17.5 Å². The van der Waals surface area contributed by atoms with Gasteiger partial charge >= 0.3 is 12.0 Å². The zero-order valence-corrected chi connectivity index (χ0v) is 9.58. The highest BCUT2D eigenvalue weighted by Gasteiger charge is 2.41. The van der Waals surface area contributed by atoms with E-state index in [-0.39, 0.29) is 6.04 Å². The lowest BCUT2D eigenvalue weighted by Crippen LogP contribution is -2.60. The second-order valence-electron chi connectivity index (χ2n) is 4.25. The van der Waals surface area contributed by atoms with E-state index in [2.05, 4.69) is 10.6 Å². The van der Waals surface area contributed by atoms with Crippen molar-refractivity contribution in [1.82, 2.24) is 10.6 Å². The van der Waals surface area contributed by atoms with Gasteiger partial charge in [0.05, 0.1) is 0 Å². The Morgan fingerprint density at radius 3 is 2.31 bits per heavy atom. The number of carbonyl (C=O) groups is 2. The topological polar surface area (TPSA) is 87.7 Å². The van der Waals surface area contributed by atoms with E-state index in [1.807, 2.05) is 13.8 Å². The molecule has 0 spiro atoms. The number of aliphatic carboxylic acids is 1. The van der Waals surface area contributed by atoms with Gasteiger partial charge in [0.15, 0.2) is 0 Å². The number of carboxylic acids is 1. The highest BCUT2D eigenvalue weighted by atomic mass is 16.5. The smallest absolute Gasteiger partial charge is 0.329 e. The molecule has 2 amide bonds. The minimum absolute atomic E-state index is 0.0225. The van der Waals surface area contributed by atoms with Crippen LogP contribution in [0.3, 0.4) is 0 Å². The Morgan fingerprint density at radius 1 is 1.31 bits per heavy atom. The summed E-state index contributed by atoms with van der Waals surface area (Å²) in [5.41, 5.74) is -1.18. The van der Waals surface area contributed by atoms with E-state index in [4.69, 9.17) is 4.74 Å². The van der Waals surface area contributed by atoms with E-state index in [1.54, 1.807) is 0 Å². The molecule has 0 aromatic carbocycles. The first kappa shape index (κ1) is 12.8. The van der Waals surface area contributed by atoms with Gasteiger partial charge in [-0.3, -0.25) is 0 Å². The molecule has 92 valence electrons. The summed E-state index contributed by atoms with van der Waals surface area (Å²) in [7, 11) is 0. The van der Waals surface area contributed by atoms with Crippen molar-refractivity contribution >= 4 is 12.0 Å². The average Bonchev–Trinajstić information content (AvgIpc) is 2.17. The van der Waals surface area contributed by atoms with Gasteiger partial charge in [-0.25, -0.2) is 9.59 Å². The Hall–Kier alpha value is -1.30. The van der Waals surface area contributed by atoms with Crippen molar-refractivity contribution < 1.29 is 19.4 Å². The Morgan fingerprint density at radius 2 is 1.88 bits per heavy atom. The molecule has 0 aromatic rings. The lowest BCUT2D eigenvalue weighted by molar-refractivity contribution is -0.148. The summed E-state index contributed by atoms with van der Waals surface area (Å²) >= 11 is 0. The maximum Gasteiger partial charge on any atom is 0.329 e. The molecule has 6 nitrogen and oxygen atoms in total. The summed E-state index contributed by atoms with van der Waals surface area (Å²) in [4.78, 5) is 22.7. The van der Waals surface area contributed by atoms with Crippen LogP contribution in [0.25, 0.3) is 0 Å². The highest BCUT2D eigenvalue weighted by molar-refractivity contribution is 5.86. The van der Waals surface area contributed by atoms with Gasteiger partial charge in [0.2, 0.25) is 0 Å². The quantitative estimate of drug-likeness (QED) is 0.652. The largest absolute Gasteiger partial charge is 0.480 e. The predicted molar refractivity (Wildman–Crippen MR) is 57.2 cm³/mol. The third-order valence-corrected chi connectivity index (χ3v) is 2.53. The Balaban J connectivity index is 2.64. The van der Waals surface area contributed by atoms with E-state index in [1.165, 1.54) is 0 Å². The maximum absolute atomic E-state index is 11.5. The molecule has 1 aliphatic rings. The number of amides is 2. The minimum Gasteiger partial charge on any atom is -0.480 e. The number of carboxylic acid groups (broad SMARTS) is 1. The van der Waals surface area contributed by atoms with Crippen molar-refractivity contribution in [1.29, 1.82) is 0 Å². The van der Waals surface area contributed by atoms with Gasteiger partial charge in [0.1, 0.15) is 5.54 Å². The molecule has 3 N–H and O–H groups in total. The Labute approximate surface area is 94.3 Å². The van der Waals surface area contributed by atoms with Crippen molar-refractivity contribution in [3.63, 3.8) is 0 Å². The number of rotatable bonds is 3. The van der Waals surface area contributed by atoms with Crippen LogP contribution in [0.4, 0.5) is 4.79 Å². The van der Waals surface area contributed by atoms with Crippen LogP contribution in [0, 0.1) is 0 Å². The lowest BCUT2D eigenvalue weighted by Gasteiger charge is -2.34. The standard InChI is InChI=1S/C10H18N2O4/c1-7(2)11-9(15)12-10(8(13)14)3-5-16-6-4-10/h7H,3-6H2,1-2H3,(H,13,14)(H2,11,12,15). The van der Waals surface area contributed by atoms with Gasteiger partial charge < -0.3 is 20.5 Å². The maximum atomic E-state index is 11.5. The Bertz CT molecular complexity index is 272. The van der Waals surface area contributed by atoms with Gasteiger partial charge in [-0.05, 0) is 13.8 Å². The number of ether oxygens (including phenoxy) is 1. The summed E-state index contributed by atoms with van der Waals surface area (Å²) in [6.45, 7) is 4.34. The predicted octanol–water partition coefficient (Wildman–Crippen LogP) is 0.328. The molecular formula is C10H18N2O4. The summed E-state index contributed by atoms with van der Waals surface area (Å²) in [5, 5.41) is 14.3. The van der Waals surface area contributed by atoms with Crippen LogP contribution in [0.1, 0.15) is 26.7 Å². The van der Waals surface area contributed by atoms with Crippen molar-refractivity contribution in [3.8, 4) is 0 Å². The molecule has 0 atom stereocenters. The van der Waals surface area contributed by atoms with Gasteiger partial charge in [-0.2, -0.15) is 0 Å². The van der Waals surface area contributed by atoms with E-state index >= 15 is 0 Å². The van der Waals surface area contributed by atoms with Crippen LogP contribution in [0.2, 0.25) is 0 Å². The van der Waals surface area contributed by atoms with E-state index in [0.717, 1.165) is 0 Å². The molecule has 1 aliphatic heterocycles. The molecule has 16 heavy (non-hydrogen) atoms. The van der Waals surface area contributed by atoms with Crippen LogP contribution in [0.5, 0.6) is 0 Å². The molecule has 6 heteroatoms. The first-order valence-electron chi connectivity index (χ1n) is 5.36. The monoisotopic (exact) mass is 230 g/mol. The number of hydrogen-bond acceptors (Lipinski definition) is 3. The fourth-order valence-electron chi connectivity index (χ4n) is 1.63. The van der Waals surface area contributed by atoms with Crippen LogP contribution < -0.4 is 10.6 Å². The molecule has 0 saturated carbocycles. The second-order valence-corrected chi connectivity index (χ2v) is 4.25. The number of carbonyl (C=O) groups excluding carboxylic acids is 1. The molecular weight excluding hydrogens is 212 g/mol. The number of urea groups is 1. The SMILES string of the molecule is CC(C)NC(=O)NC1(C(=O)O)CCOCC1. The number of nitrogens with one attached hydrogen (secondary N) is 2. The van der Waals surface area contributed by atoms with Gasteiger partial charge in [0.25, 0.3) is 0 Å². The fraction of sp³-hybridized carbons (Fsp3) is 0.800. The molecule has 0 bridgehead atoms. The third-order valence-electron chi connectivity index (χ3n) is 2.53. The van der Waals surface area contributed by atoms with Gasteiger partial charge in [0, 0.05) is 32.1 Å². The summed E-state index contributed by atoms with van der Waals surface area (Å²) < 4.78 is 5.10. The minimum atomic E-state index is -1.18.